The first-order valence-corrected chi connectivity index (χ1v) is 13.5. The standard InChI is InChI=1S/C30H25Cl2N3O8/c1-4-42-24-13-17(12-23(32)26(24)43-15-25(36)33-19-8-5-16(2)22(31)14-19)11-21-27(37)34-30(40)35(28(21)38)20-9-6-18(7-10-20)29(39)41-3/h5-14H,4,15H2,1-3H3,(H,33,36)(H,34,37,40)/b21-11-. The van der Waals surface area contributed by atoms with E-state index in [1.807, 2.05) is 6.92 Å². The van der Waals surface area contributed by atoms with E-state index in [9.17, 15) is 24.0 Å². The minimum absolute atomic E-state index is 0.0407. The maximum absolute atomic E-state index is 13.3. The summed E-state index contributed by atoms with van der Waals surface area (Å²) in [5.74, 6) is -2.66. The van der Waals surface area contributed by atoms with Crippen LogP contribution in [0.2, 0.25) is 10.0 Å². The van der Waals surface area contributed by atoms with E-state index in [1.54, 1.807) is 25.1 Å². The molecule has 1 saturated heterocycles. The highest BCUT2D eigenvalue weighted by Crippen LogP contribution is 2.38. The van der Waals surface area contributed by atoms with E-state index in [4.69, 9.17) is 32.7 Å². The molecular weight excluding hydrogens is 601 g/mol. The number of halogens is 2. The smallest absolute Gasteiger partial charge is 0.337 e. The summed E-state index contributed by atoms with van der Waals surface area (Å²) in [5, 5.41) is 5.35. The first-order chi connectivity index (χ1) is 20.5. The van der Waals surface area contributed by atoms with Gasteiger partial charge in [0.15, 0.2) is 18.1 Å². The molecule has 1 heterocycles. The first-order valence-electron chi connectivity index (χ1n) is 12.8. The minimum atomic E-state index is -0.957. The maximum Gasteiger partial charge on any atom is 0.337 e. The fraction of sp³-hybridized carbons (Fsp3) is 0.167. The number of anilines is 2. The predicted molar refractivity (Wildman–Crippen MR) is 160 cm³/mol. The third-order valence-corrected chi connectivity index (χ3v) is 6.78. The summed E-state index contributed by atoms with van der Waals surface area (Å²) < 4.78 is 16.0. The van der Waals surface area contributed by atoms with Crippen molar-refractivity contribution in [2.75, 3.05) is 30.5 Å². The lowest BCUT2D eigenvalue weighted by molar-refractivity contribution is -0.122. The molecule has 0 bridgehead atoms. The Morgan fingerprint density at radius 1 is 0.977 bits per heavy atom. The molecule has 3 aromatic carbocycles. The number of aryl methyl sites for hydroxylation is 1. The van der Waals surface area contributed by atoms with Crippen molar-refractivity contribution in [1.82, 2.24) is 5.32 Å². The molecule has 0 unspecified atom stereocenters. The van der Waals surface area contributed by atoms with Gasteiger partial charge in [-0.15, -0.1) is 0 Å². The van der Waals surface area contributed by atoms with Crippen molar-refractivity contribution < 1.29 is 38.2 Å². The second-order valence-corrected chi connectivity index (χ2v) is 9.87. The predicted octanol–water partition coefficient (Wildman–Crippen LogP) is 5.17. The van der Waals surface area contributed by atoms with Crippen LogP contribution in [-0.4, -0.2) is 50.0 Å². The molecule has 222 valence electrons. The molecule has 0 saturated carbocycles. The molecule has 43 heavy (non-hydrogen) atoms. The van der Waals surface area contributed by atoms with Gasteiger partial charge in [-0.2, -0.15) is 0 Å². The molecule has 1 aliphatic rings. The van der Waals surface area contributed by atoms with E-state index in [1.165, 1.54) is 49.6 Å². The summed E-state index contributed by atoms with van der Waals surface area (Å²) >= 11 is 12.6. The van der Waals surface area contributed by atoms with Crippen molar-refractivity contribution in [2.24, 2.45) is 0 Å². The molecule has 2 N–H and O–H groups in total. The Morgan fingerprint density at radius 3 is 2.35 bits per heavy atom. The lowest BCUT2D eigenvalue weighted by atomic mass is 10.1. The van der Waals surface area contributed by atoms with Crippen molar-refractivity contribution in [3.05, 3.63) is 86.9 Å². The van der Waals surface area contributed by atoms with Crippen molar-refractivity contribution in [2.45, 2.75) is 13.8 Å². The zero-order valence-electron chi connectivity index (χ0n) is 23.2. The molecule has 1 fully saturated rings. The quantitative estimate of drug-likeness (QED) is 0.188. The van der Waals surface area contributed by atoms with E-state index >= 15 is 0 Å². The molecule has 3 aromatic rings. The van der Waals surface area contributed by atoms with Crippen LogP contribution in [0, 0.1) is 6.92 Å². The number of carbonyl (C=O) groups is 5. The summed E-state index contributed by atoms with van der Waals surface area (Å²) in [5.41, 5.74) is 1.61. The molecule has 0 aliphatic carbocycles. The number of rotatable bonds is 9. The fourth-order valence-electron chi connectivity index (χ4n) is 4.00. The number of carbonyl (C=O) groups excluding carboxylic acids is 5. The van der Waals surface area contributed by atoms with Gasteiger partial charge in [-0.05, 0) is 79.6 Å². The zero-order valence-corrected chi connectivity index (χ0v) is 24.7. The first kappa shape index (κ1) is 31.1. The molecule has 11 nitrogen and oxygen atoms in total. The van der Waals surface area contributed by atoms with Gasteiger partial charge in [0.1, 0.15) is 5.57 Å². The van der Waals surface area contributed by atoms with E-state index < -0.39 is 36.3 Å². The lowest BCUT2D eigenvalue weighted by Gasteiger charge is -2.26. The van der Waals surface area contributed by atoms with E-state index in [0.29, 0.717) is 10.7 Å². The van der Waals surface area contributed by atoms with Crippen LogP contribution in [0.3, 0.4) is 0 Å². The van der Waals surface area contributed by atoms with Crippen LogP contribution in [0.25, 0.3) is 6.08 Å². The Hall–Kier alpha value is -4.87. The van der Waals surface area contributed by atoms with E-state index in [0.717, 1.165) is 10.5 Å². The van der Waals surface area contributed by atoms with Crippen molar-refractivity contribution in [1.29, 1.82) is 0 Å². The molecule has 13 heteroatoms. The largest absolute Gasteiger partial charge is 0.490 e. The Kier molecular flexibility index (Phi) is 9.69. The number of esters is 1. The van der Waals surface area contributed by atoms with Gasteiger partial charge in [0.2, 0.25) is 0 Å². The summed E-state index contributed by atoms with van der Waals surface area (Å²) in [4.78, 5) is 63.5. The van der Waals surface area contributed by atoms with Gasteiger partial charge in [0.25, 0.3) is 17.7 Å². The van der Waals surface area contributed by atoms with Crippen LogP contribution in [-0.2, 0) is 19.1 Å². The van der Waals surface area contributed by atoms with Crippen LogP contribution in [0.1, 0.15) is 28.4 Å². The summed E-state index contributed by atoms with van der Waals surface area (Å²) in [6, 6.07) is 12.5. The summed E-state index contributed by atoms with van der Waals surface area (Å²) in [7, 11) is 1.22. The Morgan fingerprint density at radius 2 is 1.70 bits per heavy atom. The number of ether oxygens (including phenoxy) is 3. The number of nitrogens with zero attached hydrogens (tertiary/aromatic N) is 1. The Bertz CT molecular complexity index is 1650. The number of methoxy groups -OCH3 is 1. The highest BCUT2D eigenvalue weighted by molar-refractivity contribution is 6.39. The summed E-state index contributed by atoms with van der Waals surface area (Å²) in [6.07, 6.45) is 1.24. The molecular formula is C30H25Cl2N3O8. The van der Waals surface area contributed by atoms with Crippen LogP contribution < -0.4 is 25.0 Å². The number of hydrogen-bond donors (Lipinski definition) is 2. The van der Waals surface area contributed by atoms with Crippen LogP contribution in [0.15, 0.2) is 60.2 Å². The van der Waals surface area contributed by atoms with Crippen LogP contribution >= 0.6 is 23.2 Å². The van der Waals surface area contributed by atoms with Gasteiger partial charge in [0.05, 0.1) is 30.0 Å². The number of amides is 5. The topological polar surface area (TPSA) is 140 Å². The number of imide groups is 2. The highest BCUT2D eigenvalue weighted by atomic mass is 35.5. The van der Waals surface area contributed by atoms with Gasteiger partial charge in [0, 0.05) is 10.7 Å². The molecule has 0 radical (unpaired) electrons. The van der Waals surface area contributed by atoms with Gasteiger partial charge >= 0.3 is 12.0 Å². The van der Waals surface area contributed by atoms with Gasteiger partial charge in [-0.3, -0.25) is 19.7 Å². The average molecular weight is 626 g/mol. The van der Waals surface area contributed by atoms with Crippen LogP contribution in [0.5, 0.6) is 11.5 Å². The second-order valence-electron chi connectivity index (χ2n) is 9.06. The fourth-order valence-corrected chi connectivity index (χ4v) is 4.46. The number of benzene rings is 3. The van der Waals surface area contributed by atoms with E-state index in [2.05, 4.69) is 15.4 Å². The van der Waals surface area contributed by atoms with Gasteiger partial charge in [-0.25, -0.2) is 14.5 Å². The molecule has 1 aliphatic heterocycles. The minimum Gasteiger partial charge on any atom is -0.490 e. The van der Waals surface area contributed by atoms with Crippen molar-refractivity contribution >= 4 is 70.4 Å². The van der Waals surface area contributed by atoms with Gasteiger partial charge in [-0.1, -0.05) is 29.3 Å². The number of urea groups is 1. The third-order valence-electron chi connectivity index (χ3n) is 6.09. The van der Waals surface area contributed by atoms with E-state index in [-0.39, 0.29) is 45.5 Å². The molecule has 0 atom stereocenters. The molecule has 0 aromatic heterocycles. The third kappa shape index (κ3) is 7.14. The van der Waals surface area contributed by atoms with Crippen molar-refractivity contribution in [3.8, 4) is 11.5 Å². The second kappa shape index (κ2) is 13.4. The zero-order chi connectivity index (χ0) is 31.3. The molecule has 0 spiro atoms. The number of barbiturate groups is 1. The highest BCUT2D eigenvalue weighted by Gasteiger charge is 2.37. The van der Waals surface area contributed by atoms with Gasteiger partial charge < -0.3 is 19.5 Å². The lowest BCUT2D eigenvalue weighted by Crippen LogP contribution is -2.54. The van der Waals surface area contributed by atoms with Crippen molar-refractivity contribution in [3.63, 3.8) is 0 Å². The summed E-state index contributed by atoms with van der Waals surface area (Å²) in [6.45, 7) is 3.37. The normalized spacial score (nSPS) is 13.9. The SMILES string of the molecule is CCOc1cc(/C=C2/C(=O)NC(=O)N(c3ccc(C(=O)OC)cc3)C2=O)cc(Cl)c1OCC(=O)Nc1ccc(C)c(Cl)c1. The average Bonchev–Trinajstić information content (AvgIpc) is 2.96. The number of hydrogen-bond acceptors (Lipinski definition) is 8. The Labute approximate surface area is 256 Å². The Balaban J connectivity index is 1.57. The monoisotopic (exact) mass is 625 g/mol. The number of nitrogens with one attached hydrogen (secondary N) is 2. The maximum atomic E-state index is 13.3. The van der Waals surface area contributed by atoms with Crippen LogP contribution in [0.4, 0.5) is 16.2 Å². The molecule has 4 rings (SSSR count). The molecule has 5 amide bonds.